The van der Waals surface area contributed by atoms with Gasteiger partial charge in [0.05, 0.1) is 16.8 Å². The predicted octanol–water partition coefficient (Wildman–Crippen LogP) is 2.83. The fourth-order valence-electron chi connectivity index (χ4n) is 1.93. The van der Waals surface area contributed by atoms with Crippen LogP contribution in [0.15, 0.2) is 24.3 Å². The van der Waals surface area contributed by atoms with Crippen LogP contribution in [0.1, 0.15) is 30.4 Å². The van der Waals surface area contributed by atoms with Crippen LogP contribution in [-0.2, 0) is 10.0 Å². The summed E-state index contributed by atoms with van der Waals surface area (Å²) < 4.78 is 25.4. The van der Waals surface area contributed by atoms with Crippen LogP contribution in [0.2, 0.25) is 0 Å². The molecule has 1 heterocycles. The van der Waals surface area contributed by atoms with Crippen LogP contribution in [0.25, 0.3) is 10.1 Å². The number of rotatable bonds is 3. The van der Waals surface area contributed by atoms with Gasteiger partial charge < -0.3 is 5.32 Å². The minimum atomic E-state index is -3.30. The molecular weight excluding hydrogens is 320 g/mol. The van der Waals surface area contributed by atoms with E-state index in [1.165, 1.54) is 22.7 Å². The van der Waals surface area contributed by atoms with E-state index in [1.807, 2.05) is 26.8 Å². The Hall–Kier alpha value is -1.60. The van der Waals surface area contributed by atoms with Crippen LogP contribution in [0.3, 0.4) is 0 Å². The molecule has 7 heteroatoms. The Labute approximate surface area is 135 Å². The van der Waals surface area contributed by atoms with E-state index in [4.69, 9.17) is 0 Å². The lowest BCUT2D eigenvalue weighted by Gasteiger charge is -2.19. The monoisotopic (exact) mass is 340 g/mol. The maximum Gasteiger partial charge on any atom is 0.261 e. The number of hydrogen-bond donors (Lipinski definition) is 1. The first-order valence-corrected chi connectivity index (χ1v) is 9.44. The molecule has 120 valence electrons. The number of nitrogens with one attached hydrogen (secondary N) is 1. The molecule has 1 amide bonds. The van der Waals surface area contributed by atoms with Crippen LogP contribution >= 0.6 is 11.3 Å². The van der Waals surface area contributed by atoms with Crippen molar-refractivity contribution < 1.29 is 13.2 Å². The van der Waals surface area contributed by atoms with Crippen LogP contribution in [0.4, 0.5) is 5.69 Å². The zero-order chi connectivity index (χ0) is 16.7. The Bertz CT molecular complexity index is 817. The summed E-state index contributed by atoms with van der Waals surface area (Å²) in [7, 11) is -1.79. The second-order valence-electron chi connectivity index (χ2n) is 6.27. The molecule has 1 aromatic heterocycles. The van der Waals surface area contributed by atoms with Gasteiger partial charge in [0.2, 0.25) is 10.0 Å². The Morgan fingerprint density at radius 2 is 1.86 bits per heavy atom. The number of sulfonamides is 1. The van der Waals surface area contributed by atoms with Gasteiger partial charge in [0.25, 0.3) is 5.91 Å². The summed E-state index contributed by atoms with van der Waals surface area (Å²) >= 11 is 1.39. The second kappa shape index (κ2) is 5.55. The summed E-state index contributed by atoms with van der Waals surface area (Å²) in [4.78, 5) is 12.8. The quantitative estimate of drug-likeness (QED) is 0.934. The van der Waals surface area contributed by atoms with Crippen molar-refractivity contribution in [2.24, 2.45) is 0 Å². The van der Waals surface area contributed by atoms with Gasteiger partial charge in [0.15, 0.2) is 0 Å². The standard InChI is InChI=1S/C15H20N2O3S2/c1-15(2,3)16-14(18)13-9-10-8-11(6-7-12(10)21-13)17(4)22(5,19)20/h6-9H,1-5H3,(H,16,18). The molecule has 0 aliphatic heterocycles. The Morgan fingerprint density at radius 1 is 1.23 bits per heavy atom. The van der Waals surface area contributed by atoms with E-state index in [2.05, 4.69) is 5.32 Å². The molecule has 0 aliphatic carbocycles. The van der Waals surface area contributed by atoms with E-state index in [1.54, 1.807) is 18.2 Å². The number of carbonyl (C=O) groups is 1. The third-order valence-electron chi connectivity index (χ3n) is 3.07. The minimum Gasteiger partial charge on any atom is -0.347 e. The lowest BCUT2D eigenvalue weighted by molar-refractivity contribution is 0.0924. The number of amides is 1. The van der Waals surface area contributed by atoms with E-state index in [9.17, 15) is 13.2 Å². The van der Waals surface area contributed by atoms with Crippen LogP contribution in [0.5, 0.6) is 0 Å². The van der Waals surface area contributed by atoms with E-state index in [-0.39, 0.29) is 11.4 Å². The van der Waals surface area contributed by atoms with Crippen molar-refractivity contribution in [3.8, 4) is 0 Å². The lowest BCUT2D eigenvalue weighted by Crippen LogP contribution is -2.40. The van der Waals surface area contributed by atoms with E-state index in [0.29, 0.717) is 10.6 Å². The molecule has 0 aliphatic rings. The van der Waals surface area contributed by atoms with Gasteiger partial charge in [-0.1, -0.05) is 0 Å². The Morgan fingerprint density at radius 3 is 2.41 bits per heavy atom. The van der Waals surface area contributed by atoms with Gasteiger partial charge in [0, 0.05) is 17.3 Å². The van der Waals surface area contributed by atoms with Gasteiger partial charge >= 0.3 is 0 Å². The molecule has 5 nitrogen and oxygen atoms in total. The third-order valence-corrected chi connectivity index (χ3v) is 5.39. The van der Waals surface area contributed by atoms with Crippen molar-refractivity contribution >= 4 is 43.0 Å². The molecule has 1 N–H and O–H groups in total. The maximum atomic E-state index is 12.2. The zero-order valence-electron chi connectivity index (χ0n) is 13.3. The molecule has 0 bridgehead atoms. The normalized spacial score (nSPS) is 12.4. The maximum absolute atomic E-state index is 12.2. The molecule has 0 atom stereocenters. The fourth-order valence-corrected chi connectivity index (χ4v) is 3.37. The molecule has 2 rings (SSSR count). The minimum absolute atomic E-state index is 0.119. The number of hydrogen-bond acceptors (Lipinski definition) is 4. The summed E-state index contributed by atoms with van der Waals surface area (Å²) in [5.41, 5.74) is 0.283. The topological polar surface area (TPSA) is 66.5 Å². The smallest absolute Gasteiger partial charge is 0.261 e. The summed E-state index contributed by atoms with van der Waals surface area (Å²) in [5, 5.41) is 3.78. The highest BCUT2D eigenvalue weighted by atomic mass is 32.2. The molecule has 0 radical (unpaired) electrons. The average Bonchev–Trinajstić information content (AvgIpc) is 2.77. The number of thiophene rings is 1. The Kier molecular flexibility index (Phi) is 4.23. The lowest BCUT2D eigenvalue weighted by atomic mass is 10.1. The summed E-state index contributed by atoms with van der Waals surface area (Å²) in [6.07, 6.45) is 1.16. The number of fused-ring (bicyclic) bond motifs is 1. The van der Waals surface area contributed by atoms with E-state index >= 15 is 0 Å². The van der Waals surface area contributed by atoms with Crippen molar-refractivity contribution in [3.05, 3.63) is 29.1 Å². The van der Waals surface area contributed by atoms with Crippen molar-refractivity contribution in [1.29, 1.82) is 0 Å². The molecule has 0 saturated carbocycles. The summed E-state index contributed by atoms with van der Waals surface area (Å²) in [6.45, 7) is 5.78. The van der Waals surface area contributed by atoms with Crippen molar-refractivity contribution in [3.63, 3.8) is 0 Å². The van der Waals surface area contributed by atoms with Gasteiger partial charge in [0.1, 0.15) is 0 Å². The van der Waals surface area contributed by atoms with Gasteiger partial charge in [-0.15, -0.1) is 11.3 Å². The second-order valence-corrected chi connectivity index (χ2v) is 9.36. The predicted molar refractivity (Wildman–Crippen MR) is 92.3 cm³/mol. The summed E-state index contributed by atoms with van der Waals surface area (Å²) in [6, 6.07) is 7.15. The number of nitrogens with zero attached hydrogens (tertiary/aromatic N) is 1. The third kappa shape index (κ3) is 3.78. The highest BCUT2D eigenvalue weighted by molar-refractivity contribution is 7.92. The molecular formula is C15H20N2O3S2. The number of carbonyl (C=O) groups excluding carboxylic acids is 1. The molecule has 22 heavy (non-hydrogen) atoms. The molecule has 0 fully saturated rings. The first-order chi connectivity index (χ1) is 9.97. The van der Waals surface area contributed by atoms with Gasteiger partial charge in [-0.2, -0.15) is 0 Å². The van der Waals surface area contributed by atoms with Crippen LogP contribution < -0.4 is 9.62 Å². The molecule has 0 saturated heterocycles. The molecule has 0 unspecified atom stereocenters. The van der Waals surface area contributed by atoms with Crippen molar-refractivity contribution in [2.45, 2.75) is 26.3 Å². The van der Waals surface area contributed by atoms with Crippen molar-refractivity contribution in [2.75, 3.05) is 17.6 Å². The molecule has 2 aromatic rings. The fraction of sp³-hybridized carbons (Fsp3) is 0.400. The van der Waals surface area contributed by atoms with Gasteiger partial charge in [-0.05, 0) is 50.4 Å². The molecule has 1 aromatic carbocycles. The van der Waals surface area contributed by atoms with Gasteiger partial charge in [-0.3, -0.25) is 9.10 Å². The number of anilines is 1. The molecule has 0 spiro atoms. The van der Waals surface area contributed by atoms with Crippen molar-refractivity contribution in [1.82, 2.24) is 5.32 Å². The SMILES string of the molecule is CN(c1ccc2sc(C(=O)NC(C)(C)C)cc2c1)S(C)(=O)=O. The van der Waals surface area contributed by atoms with Gasteiger partial charge in [-0.25, -0.2) is 8.42 Å². The first-order valence-electron chi connectivity index (χ1n) is 6.77. The average molecular weight is 340 g/mol. The Balaban J connectivity index is 2.38. The van der Waals surface area contributed by atoms with E-state index < -0.39 is 10.0 Å². The first kappa shape index (κ1) is 16.8. The van der Waals surface area contributed by atoms with E-state index in [0.717, 1.165) is 16.3 Å². The largest absolute Gasteiger partial charge is 0.347 e. The van der Waals surface area contributed by atoms with Crippen LogP contribution in [0, 0.1) is 0 Å². The highest BCUT2D eigenvalue weighted by Crippen LogP contribution is 2.30. The van der Waals surface area contributed by atoms with Crippen LogP contribution in [-0.4, -0.2) is 33.2 Å². The number of benzene rings is 1. The zero-order valence-corrected chi connectivity index (χ0v) is 14.9. The summed E-state index contributed by atoms with van der Waals surface area (Å²) in [5.74, 6) is -0.119. The highest BCUT2D eigenvalue weighted by Gasteiger charge is 2.18.